The fourth-order valence-corrected chi connectivity index (χ4v) is 4.13. The van der Waals surface area contributed by atoms with E-state index in [9.17, 15) is 13.6 Å². The number of fused-ring (bicyclic) bond motifs is 1. The smallest absolute Gasteiger partial charge is 0.257 e. The minimum absolute atomic E-state index is 0.0890. The third-order valence-corrected chi connectivity index (χ3v) is 5.75. The van der Waals surface area contributed by atoms with E-state index in [-0.39, 0.29) is 12.6 Å². The number of hydrogen-bond acceptors (Lipinski definition) is 4. The molecular weight excluding hydrogens is 376 g/mol. The predicted octanol–water partition coefficient (Wildman–Crippen LogP) is 2.76. The second-order valence-electron chi connectivity index (χ2n) is 7.53. The minimum Gasteiger partial charge on any atom is -0.379 e. The molecule has 5 nitrogen and oxygen atoms in total. The van der Waals surface area contributed by atoms with E-state index in [1.807, 2.05) is 0 Å². The lowest BCUT2D eigenvalue weighted by Crippen LogP contribution is -2.44. The third kappa shape index (κ3) is 4.11. The van der Waals surface area contributed by atoms with Crippen LogP contribution in [0.2, 0.25) is 0 Å². The Morgan fingerprint density at radius 1 is 1.14 bits per heavy atom. The summed E-state index contributed by atoms with van der Waals surface area (Å²) >= 11 is 0. The molecule has 2 aromatic carbocycles. The number of ether oxygens (including phenoxy) is 1. The molecule has 2 aromatic rings. The number of rotatable bonds is 5. The Bertz CT molecular complexity index is 879. The van der Waals surface area contributed by atoms with Crippen LogP contribution in [0.15, 0.2) is 36.4 Å². The number of hydrogen-bond donors (Lipinski definition) is 1. The number of carbonyl (C=O) groups is 1. The maximum absolute atomic E-state index is 14.0. The summed E-state index contributed by atoms with van der Waals surface area (Å²) in [5, 5.41) is 2.74. The monoisotopic (exact) mass is 401 g/mol. The van der Waals surface area contributed by atoms with Gasteiger partial charge in [0, 0.05) is 38.9 Å². The molecule has 0 aromatic heterocycles. The number of benzene rings is 2. The molecule has 0 saturated carbocycles. The number of amides is 1. The third-order valence-electron chi connectivity index (χ3n) is 5.75. The van der Waals surface area contributed by atoms with Gasteiger partial charge in [-0.1, -0.05) is 18.2 Å². The Kier molecular flexibility index (Phi) is 5.78. The summed E-state index contributed by atoms with van der Waals surface area (Å²) in [5.41, 5.74) is 3.07. The van der Waals surface area contributed by atoms with Crippen LogP contribution >= 0.6 is 0 Å². The SMILES string of the molecule is CN1CCc2cc(C(CNC(=O)c3c(F)cccc3F)N3CCOCC3)ccc21. The molecule has 1 atom stereocenters. The van der Waals surface area contributed by atoms with Crippen molar-refractivity contribution in [1.82, 2.24) is 10.2 Å². The Hall–Kier alpha value is -2.51. The van der Waals surface area contributed by atoms with Gasteiger partial charge >= 0.3 is 0 Å². The molecule has 154 valence electrons. The van der Waals surface area contributed by atoms with Crippen LogP contribution in [0.3, 0.4) is 0 Å². The van der Waals surface area contributed by atoms with Crippen molar-refractivity contribution in [2.45, 2.75) is 12.5 Å². The van der Waals surface area contributed by atoms with E-state index in [2.05, 4.69) is 40.4 Å². The molecule has 0 spiro atoms. The molecule has 2 aliphatic rings. The van der Waals surface area contributed by atoms with Crippen LogP contribution < -0.4 is 10.2 Å². The molecular formula is C22H25F2N3O2. The van der Waals surface area contributed by atoms with Crippen LogP contribution in [0.1, 0.15) is 27.5 Å². The first-order valence-electron chi connectivity index (χ1n) is 9.92. The van der Waals surface area contributed by atoms with Crippen molar-refractivity contribution in [3.8, 4) is 0 Å². The van der Waals surface area contributed by atoms with E-state index in [0.717, 1.165) is 43.8 Å². The van der Waals surface area contributed by atoms with Gasteiger partial charge in [0.05, 0.1) is 19.3 Å². The topological polar surface area (TPSA) is 44.8 Å². The van der Waals surface area contributed by atoms with E-state index < -0.39 is 23.1 Å². The molecule has 4 rings (SSSR count). The number of likely N-dealkylation sites (N-methyl/N-ethyl adjacent to an activating group) is 1. The second kappa shape index (κ2) is 8.47. The van der Waals surface area contributed by atoms with Crippen molar-refractivity contribution in [2.75, 3.05) is 51.3 Å². The number of nitrogens with zero attached hydrogens (tertiary/aromatic N) is 2. The average molecular weight is 401 g/mol. The van der Waals surface area contributed by atoms with E-state index in [0.29, 0.717) is 13.2 Å². The molecule has 29 heavy (non-hydrogen) atoms. The Labute approximate surface area is 169 Å². The van der Waals surface area contributed by atoms with Crippen molar-refractivity contribution >= 4 is 11.6 Å². The van der Waals surface area contributed by atoms with Gasteiger partial charge in [-0.3, -0.25) is 9.69 Å². The largest absolute Gasteiger partial charge is 0.379 e. The standard InChI is InChI=1S/C22H25F2N3O2/c1-26-8-7-16-13-15(5-6-19(16)26)20(27-9-11-29-12-10-27)14-25-22(28)21-17(23)3-2-4-18(21)24/h2-6,13,20H,7-12,14H2,1H3,(H,25,28). The number of halogens is 2. The number of nitrogens with one attached hydrogen (secondary N) is 1. The first kappa shape index (κ1) is 19.8. The molecule has 2 aliphatic heterocycles. The molecule has 2 heterocycles. The van der Waals surface area contributed by atoms with Gasteiger partial charge in [0.15, 0.2) is 0 Å². The van der Waals surface area contributed by atoms with Crippen molar-refractivity contribution in [3.63, 3.8) is 0 Å². The van der Waals surface area contributed by atoms with E-state index >= 15 is 0 Å². The zero-order valence-corrected chi connectivity index (χ0v) is 16.5. The highest BCUT2D eigenvalue weighted by Crippen LogP contribution is 2.31. The van der Waals surface area contributed by atoms with Crippen molar-refractivity contribution in [1.29, 1.82) is 0 Å². The van der Waals surface area contributed by atoms with Crippen LogP contribution in [0.5, 0.6) is 0 Å². The first-order valence-corrected chi connectivity index (χ1v) is 9.92. The number of anilines is 1. The van der Waals surface area contributed by atoms with Crippen LogP contribution in [0.25, 0.3) is 0 Å². The van der Waals surface area contributed by atoms with Gasteiger partial charge in [0.2, 0.25) is 0 Å². The minimum atomic E-state index is -0.856. The molecule has 7 heteroatoms. The molecule has 0 aliphatic carbocycles. The quantitative estimate of drug-likeness (QED) is 0.837. The molecule has 1 N–H and O–H groups in total. The Morgan fingerprint density at radius 3 is 2.59 bits per heavy atom. The molecule has 0 radical (unpaired) electrons. The van der Waals surface area contributed by atoms with Crippen molar-refractivity contribution < 1.29 is 18.3 Å². The molecule has 0 bridgehead atoms. The van der Waals surface area contributed by atoms with Gasteiger partial charge in [0.25, 0.3) is 5.91 Å². The van der Waals surface area contributed by atoms with Gasteiger partial charge in [-0.05, 0) is 35.7 Å². The Balaban J connectivity index is 1.56. The first-order chi connectivity index (χ1) is 14.0. The number of carbonyl (C=O) groups excluding carboxylic acids is 1. The van der Waals surface area contributed by atoms with Crippen LogP contribution in [-0.4, -0.2) is 57.2 Å². The maximum Gasteiger partial charge on any atom is 0.257 e. The molecule has 1 fully saturated rings. The Morgan fingerprint density at radius 2 is 1.86 bits per heavy atom. The highest BCUT2D eigenvalue weighted by Gasteiger charge is 2.26. The van der Waals surface area contributed by atoms with Gasteiger partial charge in [-0.2, -0.15) is 0 Å². The molecule has 1 amide bonds. The van der Waals surface area contributed by atoms with Crippen LogP contribution in [0.4, 0.5) is 14.5 Å². The predicted molar refractivity (Wildman–Crippen MR) is 107 cm³/mol. The van der Waals surface area contributed by atoms with E-state index in [4.69, 9.17) is 4.74 Å². The van der Waals surface area contributed by atoms with Gasteiger partial charge in [-0.25, -0.2) is 8.78 Å². The van der Waals surface area contributed by atoms with Crippen molar-refractivity contribution in [3.05, 3.63) is 64.7 Å². The molecule has 1 unspecified atom stereocenters. The van der Waals surface area contributed by atoms with Gasteiger partial charge in [-0.15, -0.1) is 0 Å². The summed E-state index contributed by atoms with van der Waals surface area (Å²) in [5.74, 6) is -2.45. The summed E-state index contributed by atoms with van der Waals surface area (Å²) in [4.78, 5) is 17.0. The van der Waals surface area contributed by atoms with Crippen LogP contribution in [-0.2, 0) is 11.2 Å². The van der Waals surface area contributed by atoms with Gasteiger partial charge < -0.3 is 15.0 Å². The normalized spacial score (nSPS) is 17.8. The van der Waals surface area contributed by atoms with E-state index in [1.165, 1.54) is 17.3 Å². The second-order valence-corrected chi connectivity index (χ2v) is 7.53. The van der Waals surface area contributed by atoms with E-state index in [1.54, 1.807) is 0 Å². The summed E-state index contributed by atoms with van der Waals surface area (Å²) in [6.45, 7) is 3.99. The summed E-state index contributed by atoms with van der Waals surface area (Å²) < 4.78 is 33.4. The lowest BCUT2D eigenvalue weighted by atomic mass is 10.00. The average Bonchev–Trinajstić information content (AvgIpc) is 3.09. The summed E-state index contributed by atoms with van der Waals surface area (Å²) in [6.07, 6.45) is 0.988. The fourth-order valence-electron chi connectivity index (χ4n) is 4.13. The van der Waals surface area contributed by atoms with Crippen molar-refractivity contribution in [2.24, 2.45) is 0 Å². The lowest BCUT2D eigenvalue weighted by Gasteiger charge is -2.35. The number of morpholine rings is 1. The summed E-state index contributed by atoms with van der Waals surface area (Å²) in [7, 11) is 2.08. The van der Waals surface area contributed by atoms with Crippen LogP contribution in [0, 0.1) is 11.6 Å². The highest BCUT2D eigenvalue weighted by atomic mass is 19.1. The highest BCUT2D eigenvalue weighted by molar-refractivity contribution is 5.94. The maximum atomic E-state index is 14.0. The van der Waals surface area contributed by atoms with Gasteiger partial charge in [0.1, 0.15) is 17.2 Å². The lowest BCUT2D eigenvalue weighted by molar-refractivity contribution is 0.0162. The zero-order valence-electron chi connectivity index (χ0n) is 16.5. The zero-order chi connectivity index (χ0) is 20.4. The molecule has 1 saturated heterocycles. The fraction of sp³-hybridized carbons (Fsp3) is 0.409. The summed E-state index contributed by atoms with van der Waals surface area (Å²) in [6, 6.07) is 9.73.